The number of aliphatic hydroxyl groups excluding tert-OH is 1. The standard InChI is InChI=1S/C14H15F2N3O2.C7H8O3S/c15-11-1-2-12(13(16)3-11)14(4-10(5-20)6-21-14)7-19-9-17-8-18-19;1-6-2-4-7(5-3-6)11(8,9)10/h1-3,8-10,20H,4-7H2;2-5H,1H3,(H,8,9,10)/t10-,14+;/m1./s1. The highest BCUT2D eigenvalue weighted by Gasteiger charge is 2.44. The smallest absolute Gasteiger partial charge is 0.294 e. The Labute approximate surface area is 184 Å². The highest BCUT2D eigenvalue weighted by molar-refractivity contribution is 7.85. The molecule has 1 aromatic heterocycles. The Morgan fingerprint density at radius 3 is 2.47 bits per heavy atom. The van der Waals surface area contributed by atoms with Gasteiger partial charge in [0.25, 0.3) is 10.1 Å². The monoisotopic (exact) mass is 467 g/mol. The van der Waals surface area contributed by atoms with Gasteiger partial charge in [-0.05, 0) is 31.5 Å². The van der Waals surface area contributed by atoms with Gasteiger partial charge in [-0.2, -0.15) is 13.5 Å². The van der Waals surface area contributed by atoms with Crippen LogP contribution in [0.2, 0.25) is 0 Å². The predicted molar refractivity (Wildman–Crippen MR) is 110 cm³/mol. The number of hydrogen-bond donors (Lipinski definition) is 2. The predicted octanol–water partition coefficient (Wildman–Crippen LogP) is 2.72. The van der Waals surface area contributed by atoms with E-state index in [4.69, 9.17) is 9.29 Å². The number of aliphatic hydroxyl groups is 1. The van der Waals surface area contributed by atoms with Crippen LogP contribution in [0.3, 0.4) is 0 Å². The lowest BCUT2D eigenvalue weighted by molar-refractivity contribution is -0.0207. The van der Waals surface area contributed by atoms with Gasteiger partial charge in [0.2, 0.25) is 0 Å². The molecule has 0 aliphatic carbocycles. The van der Waals surface area contributed by atoms with E-state index in [1.807, 2.05) is 6.92 Å². The third kappa shape index (κ3) is 5.74. The van der Waals surface area contributed by atoms with E-state index in [0.29, 0.717) is 13.0 Å². The Hall–Kier alpha value is -2.73. The molecule has 1 aliphatic rings. The van der Waals surface area contributed by atoms with Crippen LogP contribution in [0.1, 0.15) is 17.5 Å². The first-order valence-electron chi connectivity index (χ1n) is 9.70. The van der Waals surface area contributed by atoms with E-state index >= 15 is 0 Å². The zero-order chi connectivity index (χ0) is 23.4. The highest BCUT2D eigenvalue weighted by atomic mass is 32.2. The second-order valence-corrected chi connectivity index (χ2v) is 8.98. The molecule has 0 amide bonds. The van der Waals surface area contributed by atoms with Crippen molar-refractivity contribution in [1.82, 2.24) is 14.8 Å². The number of rotatable bonds is 5. The van der Waals surface area contributed by atoms with Crippen molar-refractivity contribution in [3.63, 3.8) is 0 Å². The van der Waals surface area contributed by atoms with Crippen molar-refractivity contribution in [2.24, 2.45) is 5.92 Å². The van der Waals surface area contributed by atoms with Crippen molar-refractivity contribution in [3.8, 4) is 0 Å². The van der Waals surface area contributed by atoms with Crippen molar-refractivity contribution < 1.29 is 31.6 Å². The minimum Gasteiger partial charge on any atom is -0.396 e. The van der Waals surface area contributed by atoms with Crippen LogP contribution in [0.4, 0.5) is 8.78 Å². The molecule has 2 N–H and O–H groups in total. The number of benzene rings is 2. The summed E-state index contributed by atoms with van der Waals surface area (Å²) in [4.78, 5) is 3.79. The summed E-state index contributed by atoms with van der Waals surface area (Å²) in [5.74, 6) is -1.38. The molecule has 0 saturated carbocycles. The van der Waals surface area contributed by atoms with E-state index in [9.17, 15) is 22.3 Å². The van der Waals surface area contributed by atoms with Gasteiger partial charge in [-0.3, -0.25) is 4.55 Å². The first-order valence-corrected chi connectivity index (χ1v) is 11.1. The summed E-state index contributed by atoms with van der Waals surface area (Å²) < 4.78 is 64.2. The van der Waals surface area contributed by atoms with Gasteiger partial charge >= 0.3 is 0 Å². The fourth-order valence-electron chi connectivity index (χ4n) is 3.51. The average molecular weight is 467 g/mol. The van der Waals surface area contributed by atoms with Gasteiger partial charge in [-0.15, -0.1) is 0 Å². The molecule has 11 heteroatoms. The zero-order valence-corrected chi connectivity index (χ0v) is 18.0. The van der Waals surface area contributed by atoms with Crippen LogP contribution < -0.4 is 0 Å². The maximum Gasteiger partial charge on any atom is 0.294 e. The molecular weight excluding hydrogens is 444 g/mol. The second-order valence-electron chi connectivity index (χ2n) is 7.56. The van der Waals surface area contributed by atoms with Gasteiger partial charge in [0, 0.05) is 24.2 Å². The van der Waals surface area contributed by atoms with Crippen LogP contribution in [0.25, 0.3) is 0 Å². The number of ether oxygens (including phenoxy) is 1. The minimum atomic E-state index is -4.02. The van der Waals surface area contributed by atoms with E-state index in [0.717, 1.165) is 11.6 Å². The Balaban J connectivity index is 0.000000222. The molecule has 3 aromatic rings. The van der Waals surface area contributed by atoms with Gasteiger partial charge in [-0.1, -0.05) is 23.8 Å². The van der Waals surface area contributed by atoms with E-state index < -0.39 is 27.4 Å². The molecule has 1 aliphatic heterocycles. The number of aromatic nitrogens is 3. The fourth-order valence-corrected chi connectivity index (χ4v) is 3.99. The van der Waals surface area contributed by atoms with Gasteiger partial charge in [0.05, 0.1) is 18.0 Å². The Morgan fingerprint density at radius 1 is 1.22 bits per heavy atom. The van der Waals surface area contributed by atoms with E-state index in [1.54, 1.807) is 16.8 Å². The number of hydrogen-bond acceptors (Lipinski definition) is 6. The van der Waals surface area contributed by atoms with Gasteiger partial charge in [0.1, 0.15) is 29.9 Å². The largest absolute Gasteiger partial charge is 0.396 e. The maximum atomic E-state index is 14.2. The van der Waals surface area contributed by atoms with Crippen molar-refractivity contribution in [1.29, 1.82) is 0 Å². The molecule has 1 saturated heterocycles. The Kier molecular flexibility index (Phi) is 7.34. The molecule has 2 atom stereocenters. The molecular formula is C21H23F2N3O5S. The molecule has 172 valence electrons. The van der Waals surface area contributed by atoms with Crippen LogP contribution in [-0.4, -0.2) is 46.1 Å². The summed E-state index contributed by atoms with van der Waals surface area (Å²) in [6.07, 6.45) is 3.33. The summed E-state index contributed by atoms with van der Waals surface area (Å²) in [6, 6.07) is 9.42. The van der Waals surface area contributed by atoms with Crippen LogP contribution in [-0.2, 0) is 27.0 Å². The molecule has 8 nitrogen and oxygen atoms in total. The lowest BCUT2D eigenvalue weighted by Crippen LogP contribution is -2.32. The van der Waals surface area contributed by atoms with Gasteiger partial charge in [-0.25, -0.2) is 18.4 Å². The lowest BCUT2D eigenvalue weighted by atomic mass is 9.87. The van der Waals surface area contributed by atoms with E-state index in [2.05, 4.69) is 10.1 Å². The summed E-state index contributed by atoms with van der Waals surface area (Å²) in [5, 5.41) is 13.3. The van der Waals surface area contributed by atoms with Crippen molar-refractivity contribution in [2.75, 3.05) is 13.2 Å². The van der Waals surface area contributed by atoms with E-state index in [-0.39, 0.29) is 29.5 Å². The molecule has 0 unspecified atom stereocenters. The van der Waals surface area contributed by atoms with Crippen LogP contribution in [0.5, 0.6) is 0 Å². The first kappa shape index (κ1) is 23.9. The topological polar surface area (TPSA) is 115 Å². The molecule has 2 heterocycles. The molecule has 4 rings (SSSR count). The summed E-state index contributed by atoms with van der Waals surface area (Å²) in [6.45, 7) is 2.38. The first-order chi connectivity index (χ1) is 15.1. The number of nitrogens with zero attached hydrogens (tertiary/aromatic N) is 3. The average Bonchev–Trinajstić information content (AvgIpc) is 3.39. The SMILES string of the molecule is Cc1ccc(S(=O)(=O)O)cc1.OC[C@@H]1CO[C@@](Cn2cncn2)(c2ccc(F)cc2F)C1. The molecule has 1 fully saturated rings. The highest BCUT2D eigenvalue weighted by Crippen LogP contribution is 2.41. The number of aryl methyl sites for hydroxylation is 1. The molecule has 32 heavy (non-hydrogen) atoms. The summed E-state index contributed by atoms with van der Waals surface area (Å²) in [7, 11) is -4.02. The fraction of sp³-hybridized carbons (Fsp3) is 0.333. The molecule has 0 bridgehead atoms. The summed E-state index contributed by atoms with van der Waals surface area (Å²) in [5.41, 5.74) is 0.256. The third-order valence-corrected chi connectivity index (χ3v) is 5.96. The Bertz CT molecular complexity index is 1140. The van der Waals surface area contributed by atoms with Crippen molar-refractivity contribution in [2.45, 2.75) is 30.4 Å². The van der Waals surface area contributed by atoms with E-state index in [1.165, 1.54) is 36.9 Å². The van der Waals surface area contributed by atoms with Gasteiger partial charge in [0.15, 0.2) is 0 Å². The van der Waals surface area contributed by atoms with Crippen molar-refractivity contribution in [3.05, 3.63) is 77.9 Å². The normalized spacial score (nSPS) is 20.6. The van der Waals surface area contributed by atoms with Crippen molar-refractivity contribution >= 4 is 10.1 Å². The number of halogens is 2. The molecule has 0 radical (unpaired) electrons. The maximum absolute atomic E-state index is 14.2. The minimum absolute atomic E-state index is 0.0398. The lowest BCUT2D eigenvalue weighted by Gasteiger charge is -2.29. The van der Waals surface area contributed by atoms with Crippen LogP contribution >= 0.6 is 0 Å². The van der Waals surface area contributed by atoms with Gasteiger partial charge < -0.3 is 9.84 Å². The molecule has 2 aromatic carbocycles. The van der Waals surface area contributed by atoms with Crippen LogP contribution in [0.15, 0.2) is 60.0 Å². The second kappa shape index (κ2) is 9.82. The third-order valence-electron chi connectivity index (χ3n) is 5.10. The zero-order valence-electron chi connectivity index (χ0n) is 17.2. The van der Waals surface area contributed by atoms with Crippen LogP contribution in [0, 0.1) is 24.5 Å². The quantitative estimate of drug-likeness (QED) is 0.555. The molecule has 0 spiro atoms. The summed E-state index contributed by atoms with van der Waals surface area (Å²) >= 11 is 0. The Morgan fingerprint density at radius 2 is 1.94 bits per heavy atom.